The Balaban J connectivity index is 2.16. The van der Waals surface area contributed by atoms with Crippen LogP contribution in [0.5, 0.6) is 0 Å². The van der Waals surface area contributed by atoms with Crippen LogP contribution in [-0.2, 0) is 0 Å². The summed E-state index contributed by atoms with van der Waals surface area (Å²) in [6.45, 7) is 1.16. The summed E-state index contributed by atoms with van der Waals surface area (Å²) in [5, 5.41) is 6.69. The zero-order valence-corrected chi connectivity index (χ0v) is 9.10. The van der Waals surface area contributed by atoms with Crippen molar-refractivity contribution in [2.45, 2.75) is 44.6 Å². The third-order valence-corrected chi connectivity index (χ3v) is 3.28. The predicted octanol–water partition coefficient (Wildman–Crippen LogP) is 1.76. The zero-order chi connectivity index (χ0) is 9.52. The van der Waals surface area contributed by atoms with E-state index in [9.17, 15) is 0 Å². The molecule has 1 aliphatic rings. The maximum Gasteiger partial charge on any atom is 0.00927 e. The van der Waals surface area contributed by atoms with Crippen LogP contribution < -0.4 is 10.6 Å². The van der Waals surface area contributed by atoms with Crippen molar-refractivity contribution >= 4 is 0 Å². The number of hydrogen-bond donors (Lipinski definition) is 2. The van der Waals surface area contributed by atoms with Gasteiger partial charge >= 0.3 is 0 Å². The van der Waals surface area contributed by atoms with Crippen molar-refractivity contribution in [3.63, 3.8) is 0 Å². The van der Waals surface area contributed by atoms with Gasteiger partial charge in [-0.2, -0.15) is 0 Å². The first-order valence-electron chi connectivity index (χ1n) is 5.70. The Bertz CT molecular complexity index is 119. The highest BCUT2D eigenvalue weighted by Crippen LogP contribution is 2.29. The second kappa shape index (κ2) is 6.39. The number of rotatable bonds is 6. The van der Waals surface area contributed by atoms with Crippen molar-refractivity contribution in [3.8, 4) is 0 Å². The lowest BCUT2D eigenvalue weighted by molar-refractivity contribution is 0.352. The molecular formula is C11H24N2. The normalized spacial score (nSPS) is 20.8. The van der Waals surface area contributed by atoms with Gasteiger partial charge in [-0.05, 0) is 52.2 Å². The van der Waals surface area contributed by atoms with E-state index in [1.807, 2.05) is 7.05 Å². The Hall–Kier alpha value is -0.0800. The lowest BCUT2D eigenvalue weighted by Crippen LogP contribution is -2.32. The minimum Gasteiger partial charge on any atom is -0.320 e. The molecule has 78 valence electrons. The first-order chi connectivity index (χ1) is 6.38. The Kier molecular flexibility index (Phi) is 5.40. The van der Waals surface area contributed by atoms with Gasteiger partial charge in [-0.15, -0.1) is 0 Å². The van der Waals surface area contributed by atoms with Crippen LogP contribution in [-0.4, -0.2) is 26.7 Å². The van der Waals surface area contributed by atoms with Crippen molar-refractivity contribution in [2.75, 3.05) is 20.6 Å². The minimum atomic E-state index is 0.774. The molecule has 2 N–H and O–H groups in total. The van der Waals surface area contributed by atoms with Crippen LogP contribution in [0.2, 0.25) is 0 Å². The van der Waals surface area contributed by atoms with Crippen LogP contribution in [0.3, 0.4) is 0 Å². The molecule has 0 radical (unpaired) electrons. The van der Waals surface area contributed by atoms with Gasteiger partial charge in [0.05, 0.1) is 0 Å². The van der Waals surface area contributed by atoms with Crippen LogP contribution >= 0.6 is 0 Å². The molecule has 0 aromatic heterocycles. The topological polar surface area (TPSA) is 24.1 Å². The van der Waals surface area contributed by atoms with Crippen molar-refractivity contribution in [1.29, 1.82) is 0 Å². The van der Waals surface area contributed by atoms with E-state index in [4.69, 9.17) is 0 Å². The Morgan fingerprint density at radius 2 is 1.92 bits per heavy atom. The second-order valence-corrected chi connectivity index (χ2v) is 4.19. The molecule has 0 amide bonds. The van der Waals surface area contributed by atoms with Crippen LogP contribution in [0.4, 0.5) is 0 Å². The Morgan fingerprint density at radius 3 is 2.46 bits per heavy atom. The smallest absolute Gasteiger partial charge is 0.00927 e. The molecular weight excluding hydrogens is 160 g/mol. The number of nitrogens with one attached hydrogen (secondary N) is 2. The molecule has 1 saturated carbocycles. The minimum absolute atomic E-state index is 0.774. The van der Waals surface area contributed by atoms with Gasteiger partial charge in [-0.3, -0.25) is 0 Å². The third kappa shape index (κ3) is 3.65. The number of hydrogen-bond acceptors (Lipinski definition) is 2. The summed E-state index contributed by atoms with van der Waals surface area (Å²) in [6, 6.07) is 0.774. The zero-order valence-electron chi connectivity index (χ0n) is 9.10. The average molecular weight is 184 g/mol. The fourth-order valence-electron chi connectivity index (χ4n) is 2.47. The maximum atomic E-state index is 3.48. The van der Waals surface area contributed by atoms with Crippen LogP contribution in [0.15, 0.2) is 0 Å². The van der Waals surface area contributed by atoms with Gasteiger partial charge in [0, 0.05) is 6.04 Å². The van der Waals surface area contributed by atoms with Crippen molar-refractivity contribution < 1.29 is 0 Å². The highest BCUT2D eigenvalue weighted by molar-refractivity contribution is 4.79. The van der Waals surface area contributed by atoms with E-state index in [0.717, 1.165) is 18.5 Å². The van der Waals surface area contributed by atoms with E-state index in [1.165, 1.54) is 38.5 Å². The molecule has 0 spiro atoms. The van der Waals surface area contributed by atoms with Gasteiger partial charge in [0.1, 0.15) is 0 Å². The summed E-state index contributed by atoms with van der Waals surface area (Å²) in [5.41, 5.74) is 0. The lowest BCUT2D eigenvalue weighted by Gasteiger charge is -2.22. The summed E-state index contributed by atoms with van der Waals surface area (Å²) in [4.78, 5) is 0. The van der Waals surface area contributed by atoms with Crippen molar-refractivity contribution in [1.82, 2.24) is 10.6 Å². The predicted molar refractivity (Wildman–Crippen MR) is 58.0 cm³/mol. The molecule has 1 unspecified atom stereocenters. The second-order valence-electron chi connectivity index (χ2n) is 4.19. The highest BCUT2D eigenvalue weighted by Gasteiger charge is 2.22. The van der Waals surface area contributed by atoms with Gasteiger partial charge < -0.3 is 10.6 Å². The molecule has 1 rings (SSSR count). The first kappa shape index (κ1) is 11.0. The molecule has 0 bridgehead atoms. The van der Waals surface area contributed by atoms with E-state index in [1.54, 1.807) is 0 Å². The molecule has 0 aromatic rings. The van der Waals surface area contributed by atoms with E-state index >= 15 is 0 Å². The van der Waals surface area contributed by atoms with Crippen LogP contribution in [0.1, 0.15) is 38.5 Å². The van der Waals surface area contributed by atoms with E-state index in [-0.39, 0.29) is 0 Å². The van der Waals surface area contributed by atoms with Crippen molar-refractivity contribution in [2.24, 2.45) is 5.92 Å². The fraction of sp³-hybridized carbons (Fsp3) is 1.00. The molecule has 2 heteroatoms. The van der Waals surface area contributed by atoms with Gasteiger partial charge in [0.15, 0.2) is 0 Å². The summed E-state index contributed by atoms with van der Waals surface area (Å²) in [6.07, 6.45) is 8.44. The standard InChI is InChI=1S/C11H24N2/c1-12-9-5-8-11(13-2)10-6-3-4-7-10/h10-13H,3-9H2,1-2H3. The SMILES string of the molecule is CNCCCC(NC)C1CCCC1. The molecule has 1 aliphatic carbocycles. The molecule has 1 atom stereocenters. The average Bonchev–Trinajstić information content (AvgIpc) is 2.65. The lowest BCUT2D eigenvalue weighted by atomic mass is 9.94. The van der Waals surface area contributed by atoms with Crippen LogP contribution in [0, 0.1) is 5.92 Å². The fourth-order valence-corrected chi connectivity index (χ4v) is 2.47. The summed E-state index contributed by atoms with van der Waals surface area (Å²) in [7, 11) is 4.15. The van der Waals surface area contributed by atoms with E-state index in [0.29, 0.717) is 0 Å². The van der Waals surface area contributed by atoms with Gasteiger partial charge in [-0.1, -0.05) is 12.8 Å². The largest absolute Gasteiger partial charge is 0.320 e. The summed E-state index contributed by atoms with van der Waals surface area (Å²) >= 11 is 0. The Morgan fingerprint density at radius 1 is 1.23 bits per heavy atom. The summed E-state index contributed by atoms with van der Waals surface area (Å²) in [5.74, 6) is 0.960. The first-order valence-corrected chi connectivity index (χ1v) is 5.70. The van der Waals surface area contributed by atoms with Crippen LogP contribution in [0.25, 0.3) is 0 Å². The van der Waals surface area contributed by atoms with Gasteiger partial charge in [0.25, 0.3) is 0 Å². The summed E-state index contributed by atoms with van der Waals surface area (Å²) < 4.78 is 0. The molecule has 0 aromatic carbocycles. The monoisotopic (exact) mass is 184 g/mol. The maximum absolute atomic E-state index is 3.48. The molecule has 0 aliphatic heterocycles. The molecule has 0 saturated heterocycles. The molecule has 1 fully saturated rings. The molecule has 2 nitrogen and oxygen atoms in total. The van der Waals surface area contributed by atoms with E-state index < -0.39 is 0 Å². The van der Waals surface area contributed by atoms with Gasteiger partial charge in [-0.25, -0.2) is 0 Å². The Labute approximate surface area is 82.5 Å². The van der Waals surface area contributed by atoms with Crippen molar-refractivity contribution in [3.05, 3.63) is 0 Å². The molecule has 13 heavy (non-hydrogen) atoms. The third-order valence-electron chi connectivity index (χ3n) is 3.28. The molecule has 0 heterocycles. The highest BCUT2D eigenvalue weighted by atomic mass is 14.9. The van der Waals surface area contributed by atoms with E-state index in [2.05, 4.69) is 17.7 Å². The quantitative estimate of drug-likeness (QED) is 0.615. The van der Waals surface area contributed by atoms with Gasteiger partial charge in [0.2, 0.25) is 0 Å².